The van der Waals surface area contributed by atoms with Gasteiger partial charge in [0.2, 0.25) is 5.91 Å². The van der Waals surface area contributed by atoms with Crippen molar-refractivity contribution < 1.29 is 14.3 Å². The molecule has 3 nitrogen and oxygen atoms in total. The molecule has 1 amide bonds. The number of halogens is 1. The van der Waals surface area contributed by atoms with Gasteiger partial charge < -0.3 is 10.4 Å². The first-order chi connectivity index (χ1) is 9.69. The van der Waals surface area contributed by atoms with Gasteiger partial charge >= 0.3 is 0 Å². The van der Waals surface area contributed by atoms with E-state index in [4.69, 9.17) is 5.11 Å². The van der Waals surface area contributed by atoms with Crippen LogP contribution in [0.15, 0.2) is 35.0 Å². The summed E-state index contributed by atoms with van der Waals surface area (Å²) in [6.45, 7) is -0.321. The van der Waals surface area contributed by atoms with Crippen LogP contribution in [0, 0.1) is 17.7 Å². The number of hydrogen-bond donors (Lipinski definition) is 2. The molecule has 0 unspecified atom stereocenters. The van der Waals surface area contributed by atoms with E-state index in [1.165, 1.54) is 23.5 Å². The quantitative estimate of drug-likeness (QED) is 0.853. The Morgan fingerprint density at radius 1 is 1.40 bits per heavy atom. The smallest absolute Gasteiger partial charge is 0.228 e. The van der Waals surface area contributed by atoms with Crippen LogP contribution in [-0.2, 0) is 11.2 Å². The van der Waals surface area contributed by atoms with Gasteiger partial charge in [-0.3, -0.25) is 4.79 Å². The predicted octanol–water partition coefficient (Wildman–Crippen LogP) is 2.41. The second kappa shape index (κ2) is 6.85. The average molecular weight is 289 g/mol. The molecular weight excluding hydrogens is 277 g/mol. The summed E-state index contributed by atoms with van der Waals surface area (Å²) in [6, 6.07) is 6.14. The summed E-state index contributed by atoms with van der Waals surface area (Å²) in [5.41, 5.74) is 1.51. The molecule has 0 aliphatic rings. The molecule has 0 bridgehead atoms. The third-order valence-corrected chi connectivity index (χ3v) is 3.23. The topological polar surface area (TPSA) is 49.3 Å². The molecule has 0 aliphatic carbocycles. The van der Waals surface area contributed by atoms with Crippen LogP contribution in [-0.4, -0.2) is 17.6 Å². The van der Waals surface area contributed by atoms with Gasteiger partial charge in [-0.2, -0.15) is 11.3 Å². The first kappa shape index (κ1) is 14.3. The number of thiophene rings is 1. The van der Waals surface area contributed by atoms with E-state index in [1.54, 1.807) is 6.07 Å². The van der Waals surface area contributed by atoms with Crippen LogP contribution >= 0.6 is 11.3 Å². The Balaban J connectivity index is 2.03. The van der Waals surface area contributed by atoms with E-state index in [0.717, 1.165) is 5.56 Å². The first-order valence-electron chi connectivity index (χ1n) is 5.89. The Hall–Kier alpha value is -2.16. The minimum absolute atomic E-state index is 0.190. The Bertz CT molecular complexity index is 656. The van der Waals surface area contributed by atoms with Crippen LogP contribution in [0.25, 0.3) is 0 Å². The van der Waals surface area contributed by atoms with Crippen molar-refractivity contribution >= 4 is 22.9 Å². The number of hydrogen-bond acceptors (Lipinski definition) is 3. The lowest BCUT2D eigenvalue weighted by Crippen LogP contribution is -2.14. The van der Waals surface area contributed by atoms with E-state index in [9.17, 15) is 9.18 Å². The number of anilines is 1. The second-order valence-electron chi connectivity index (χ2n) is 4.01. The van der Waals surface area contributed by atoms with Gasteiger partial charge in [0.15, 0.2) is 0 Å². The Morgan fingerprint density at radius 3 is 2.90 bits per heavy atom. The molecule has 0 saturated heterocycles. The van der Waals surface area contributed by atoms with Crippen molar-refractivity contribution in [2.24, 2.45) is 0 Å². The molecule has 5 heteroatoms. The number of carbonyl (C=O) groups is 1. The highest BCUT2D eigenvalue weighted by Gasteiger charge is 2.06. The van der Waals surface area contributed by atoms with Crippen LogP contribution in [0.4, 0.5) is 10.1 Å². The fourth-order valence-electron chi connectivity index (χ4n) is 1.61. The second-order valence-corrected chi connectivity index (χ2v) is 4.79. The van der Waals surface area contributed by atoms with E-state index in [2.05, 4.69) is 17.2 Å². The fourth-order valence-corrected chi connectivity index (χ4v) is 2.28. The van der Waals surface area contributed by atoms with Crippen molar-refractivity contribution in [1.82, 2.24) is 0 Å². The van der Waals surface area contributed by atoms with E-state index < -0.39 is 5.82 Å². The summed E-state index contributed by atoms with van der Waals surface area (Å²) < 4.78 is 13.7. The predicted molar refractivity (Wildman–Crippen MR) is 77.0 cm³/mol. The molecule has 102 valence electrons. The van der Waals surface area contributed by atoms with Crippen molar-refractivity contribution in [3.63, 3.8) is 0 Å². The Morgan fingerprint density at radius 2 is 2.25 bits per heavy atom. The highest BCUT2D eigenvalue weighted by atomic mass is 32.1. The Labute approximate surface area is 120 Å². The van der Waals surface area contributed by atoms with Crippen molar-refractivity contribution in [1.29, 1.82) is 0 Å². The lowest BCUT2D eigenvalue weighted by atomic mass is 10.2. The van der Waals surface area contributed by atoms with E-state index >= 15 is 0 Å². The third-order valence-electron chi connectivity index (χ3n) is 2.50. The van der Waals surface area contributed by atoms with Crippen molar-refractivity contribution in [2.45, 2.75) is 6.42 Å². The highest BCUT2D eigenvalue weighted by Crippen LogP contribution is 2.15. The summed E-state index contributed by atoms with van der Waals surface area (Å²) in [5.74, 6) is 4.14. The van der Waals surface area contributed by atoms with Gasteiger partial charge in [0.05, 0.1) is 12.0 Å². The SMILES string of the molecule is O=C(Cc1ccsc1)Nc1ccc(C#CCO)c(F)c1. The number of amides is 1. The number of aliphatic hydroxyl groups excluding tert-OH is 1. The summed E-state index contributed by atoms with van der Waals surface area (Å²) in [4.78, 5) is 11.8. The first-order valence-corrected chi connectivity index (χ1v) is 6.83. The molecule has 0 fully saturated rings. The molecular formula is C15H12FNO2S. The van der Waals surface area contributed by atoms with Crippen LogP contribution in [0.3, 0.4) is 0 Å². The zero-order valence-corrected chi connectivity index (χ0v) is 11.3. The van der Waals surface area contributed by atoms with Gasteiger partial charge in [-0.25, -0.2) is 4.39 Å². The van der Waals surface area contributed by atoms with Crippen molar-refractivity contribution in [2.75, 3.05) is 11.9 Å². The van der Waals surface area contributed by atoms with Gasteiger partial charge in [-0.1, -0.05) is 11.8 Å². The average Bonchev–Trinajstić information content (AvgIpc) is 2.90. The minimum Gasteiger partial charge on any atom is -0.384 e. The molecule has 2 N–H and O–H groups in total. The van der Waals surface area contributed by atoms with Crippen molar-refractivity contribution in [3.05, 3.63) is 52.0 Å². The number of carbonyl (C=O) groups excluding carboxylic acids is 1. The third kappa shape index (κ3) is 3.92. The van der Waals surface area contributed by atoms with E-state index in [0.29, 0.717) is 5.69 Å². The van der Waals surface area contributed by atoms with Gasteiger partial charge in [0.25, 0.3) is 0 Å². The number of nitrogens with one attached hydrogen (secondary N) is 1. The number of benzene rings is 1. The van der Waals surface area contributed by atoms with E-state index in [-0.39, 0.29) is 24.5 Å². The summed E-state index contributed by atoms with van der Waals surface area (Å²) in [7, 11) is 0. The highest BCUT2D eigenvalue weighted by molar-refractivity contribution is 7.08. The molecule has 0 spiro atoms. The monoisotopic (exact) mass is 289 g/mol. The maximum Gasteiger partial charge on any atom is 0.228 e. The maximum absolute atomic E-state index is 13.7. The zero-order valence-electron chi connectivity index (χ0n) is 10.5. The maximum atomic E-state index is 13.7. The van der Waals surface area contributed by atoms with Gasteiger partial charge in [0, 0.05) is 5.69 Å². The summed E-state index contributed by atoms with van der Waals surface area (Å²) >= 11 is 1.52. The van der Waals surface area contributed by atoms with Crippen LogP contribution in [0.2, 0.25) is 0 Å². The van der Waals surface area contributed by atoms with Crippen molar-refractivity contribution in [3.8, 4) is 11.8 Å². The summed E-state index contributed by atoms with van der Waals surface area (Å²) in [5, 5.41) is 15.0. The van der Waals surface area contributed by atoms with Crippen LogP contribution < -0.4 is 5.32 Å². The molecule has 1 aromatic carbocycles. The van der Waals surface area contributed by atoms with Gasteiger partial charge in [-0.15, -0.1) is 0 Å². The molecule has 0 saturated carbocycles. The molecule has 0 radical (unpaired) electrons. The molecule has 0 aliphatic heterocycles. The molecule has 1 aromatic heterocycles. The largest absolute Gasteiger partial charge is 0.384 e. The normalized spacial score (nSPS) is 9.70. The molecule has 2 aromatic rings. The summed E-state index contributed by atoms with van der Waals surface area (Å²) in [6.07, 6.45) is 0.261. The van der Waals surface area contributed by atoms with E-state index in [1.807, 2.05) is 16.8 Å². The molecule has 2 rings (SSSR count). The lowest BCUT2D eigenvalue weighted by molar-refractivity contribution is -0.115. The van der Waals surface area contributed by atoms with Crippen LogP contribution in [0.1, 0.15) is 11.1 Å². The van der Waals surface area contributed by atoms with Gasteiger partial charge in [-0.05, 0) is 40.6 Å². The Kier molecular flexibility index (Phi) is 4.88. The fraction of sp³-hybridized carbons (Fsp3) is 0.133. The van der Waals surface area contributed by atoms with Gasteiger partial charge in [0.1, 0.15) is 12.4 Å². The number of rotatable bonds is 3. The minimum atomic E-state index is -0.528. The lowest BCUT2D eigenvalue weighted by Gasteiger charge is -2.05. The molecule has 0 atom stereocenters. The molecule has 20 heavy (non-hydrogen) atoms. The standard InChI is InChI=1S/C15H12FNO2S/c16-14-9-13(4-3-12(14)2-1-6-18)17-15(19)8-11-5-7-20-10-11/h3-5,7,9-10,18H,6,8H2,(H,17,19). The zero-order chi connectivity index (χ0) is 14.4. The number of aliphatic hydroxyl groups is 1. The van der Waals surface area contributed by atoms with Crippen LogP contribution in [0.5, 0.6) is 0 Å². The molecule has 1 heterocycles.